The Kier molecular flexibility index (Phi) is 5.80. The number of hydrogen-bond donors (Lipinski definition) is 2. The summed E-state index contributed by atoms with van der Waals surface area (Å²) >= 11 is 0. The third-order valence-electron chi connectivity index (χ3n) is 4.17. The van der Waals surface area contributed by atoms with Crippen LogP contribution in [0.1, 0.15) is 38.8 Å². The van der Waals surface area contributed by atoms with Crippen molar-refractivity contribution in [2.75, 3.05) is 24.7 Å². The molecule has 1 aliphatic rings. The average molecular weight is 306 g/mol. The standard InChI is InChI=1S/C17H26N2O3/c1-12(2)16(8-10-20)18-13(3)14-4-6-15(7-5-14)19-9-11-22-17(19)21/h4-7,12-13,16,18,20H,8-11H2,1-3H3. The molecule has 2 unspecified atom stereocenters. The lowest BCUT2D eigenvalue weighted by Crippen LogP contribution is -2.36. The minimum absolute atomic E-state index is 0.193. The number of anilines is 1. The first kappa shape index (κ1) is 16.8. The number of ether oxygens (including phenoxy) is 1. The molecule has 1 heterocycles. The van der Waals surface area contributed by atoms with Crippen molar-refractivity contribution in [1.29, 1.82) is 0 Å². The van der Waals surface area contributed by atoms with Crippen molar-refractivity contribution in [2.24, 2.45) is 5.92 Å². The van der Waals surface area contributed by atoms with E-state index in [1.807, 2.05) is 24.3 Å². The number of rotatable bonds is 7. The van der Waals surface area contributed by atoms with Crippen LogP contribution >= 0.6 is 0 Å². The largest absolute Gasteiger partial charge is 0.447 e. The molecule has 22 heavy (non-hydrogen) atoms. The second kappa shape index (κ2) is 7.61. The van der Waals surface area contributed by atoms with E-state index in [9.17, 15) is 4.79 Å². The number of nitrogens with zero attached hydrogens (tertiary/aromatic N) is 1. The molecule has 5 heteroatoms. The summed E-state index contributed by atoms with van der Waals surface area (Å²) in [5.41, 5.74) is 2.04. The molecule has 1 fully saturated rings. The molecule has 0 radical (unpaired) electrons. The summed E-state index contributed by atoms with van der Waals surface area (Å²) in [5.74, 6) is 0.466. The first-order chi connectivity index (χ1) is 10.5. The van der Waals surface area contributed by atoms with Gasteiger partial charge in [0.15, 0.2) is 0 Å². The van der Waals surface area contributed by atoms with E-state index in [1.54, 1.807) is 4.90 Å². The minimum atomic E-state index is -0.276. The van der Waals surface area contributed by atoms with E-state index in [2.05, 4.69) is 26.1 Å². The topological polar surface area (TPSA) is 61.8 Å². The van der Waals surface area contributed by atoms with Crippen molar-refractivity contribution in [3.05, 3.63) is 29.8 Å². The number of benzene rings is 1. The van der Waals surface area contributed by atoms with Crippen LogP contribution < -0.4 is 10.2 Å². The highest BCUT2D eigenvalue weighted by molar-refractivity contribution is 5.89. The lowest BCUT2D eigenvalue weighted by molar-refractivity contribution is 0.181. The van der Waals surface area contributed by atoms with Gasteiger partial charge in [-0.3, -0.25) is 4.90 Å². The van der Waals surface area contributed by atoms with Crippen molar-refractivity contribution in [2.45, 2.75) is 39.3 Å². The zero-order valence-corrected chi connectivity index (χ0v) is 13.6. The Morgan fingerprint density at radius 3 is 2.45 bits per heavy atom. The molecular formula is C17H26N2O3. The van der Waals surface area contributed by atoms with Crippen molar-refractivity contribution in [1.82, 2.24) is 5.32 Å². The van der Waals surface area contributed by atoms with Crippen LogP contribution in [0.2, 0.25) is 0 Å². The maximum absolute atomic E-state index is 11.6. The van der Waals surface area contributed by atoms with Crippen LogP contribution in [-0.4, -0.2) is 37.0 Å². The van der Waals surface area contributed by atoms with Crippen molar-refractivity contribution in [3.8, 4) is 0 Å². The van der Waals surface area contributed by atoms with E-state index in [0.29, 0.717) is 19.1 Å². The van der Waals surface area contributed by atoms with Crippen LogP contribution in [0.4, 0.5) is 10.5 Å². The molecule has 0 bridgehead atoms. The van der Waals surface area contributed by atoms with Gasteiger partial charge in [0, 0.05) is 24.4 Å². The van der Waals surface area contributed by atoms with Gasteiger partial charge in [-0.2, -0.15) is 0 Å². The van der Waals surface area contributed by atoms with E-state index in [-0.39, 0.29) is 24.8 Å². The highest BCUT2D eigenvalue weighted by Crippen LogP contribution is 2.22. The summed E-state index contributed by atoms with van der Waals surface area (Å²) in [6.07, 6.45) is 0.474. The number of nitrogens with one attached hydrogen (secondary N) is 1. The van der Waals surface area contributed by atoms with Gasteiger partial charge in [-0.15, -0.1) is 0 Å². The molecule has 1 aromatic rings. The monoisotopic (exact) mass is 306 g/mol. The lowest BCUT2D eigenvalue weighted by atomic mass is 9.98. The summed E-state index contributed by atoms with van der Waals surface area (Å²) in [4.78, 5) is 13.2. The molecule has 1 amide bonds. The summed E-state index contributed by atoms with van der Waals surface area (Å²) in [6.45, 7) is 7.68. The molecule has 2 atom stereocenters. The Morgan fingerprint density at radius 2 is 1.95 bits per heavy atom. The molecule has 1 saturated heterocycles. The van der Waals surface area contributed by atoms with Gasteiger partial charge in [-0.1, -0.05) is 26.0 Å². The van der Waals surface area contributed by atoms with Crippen molar-refractivity contribution >= 4 is 11.8 Å². The number of cyclic esters (lactones) is 1. The second-order valence-electron chi connectivity index (χ2n) is 6.11. The summed E-state index contributed by atoms with van der Waals surface area (Å²) in [5, 5.41) is 12.7. The predicted molar refractivity (Wildman–Crippen MR) is 87.0 cm³/mol. The zero-order valence-electron chi connectivity index (χ0n) is 13.6. The number of carbonyl (C=O) groups excluding carboxylic acids is 1. The number of carbonyl (C=O) groups is 1. The third-order valence-corrected chi connectivity index (χ3v) is 4.17. The maximum atomic E-state index is 11.6. The molecule has 1 aromatic carbocycles. The number of aliphatic hydroxyl groups is 1. The van der Waals surface area contributed by atoms with Crippen molar-refractivity contribution < 1.29 is 14.6 Å². The van der Waals surface area contributed by atoms with E-state index in [1.165, 1.54) is 5.56 Å². The smallest absolute Gasteiger partial charge is 0.414 e. The van der Waals surface area contributed by atoms with E-state index < -0.39 is 0 Å². The molecule has 5 nitrogen and oxygen atoms in total. The molecule has 0 aromatic heterocycles. The number of hydrogen-bond acceptors (Lipinski definition) is 4. The fourth-order valence-electron chi connectivity index (χ4n) is 2.74. The molecule has 1 aliphatic heterocycles. The summed E-state index contributed by atoms with van der Waals surface area (Å²) in [6, 6.07) is 8.46. The number of aliphatic hydroxyl groups excluding tert-OH is 1. The van der Waals surface area contributed by atoms with E-state index in [4.69, 9.17) is 9.84 Å². The molecule has 2 N–H and O–H groups in total. The molecule has 122 valence electrons. The van der Waals surface area contributed by atoms with Crippen LogP contribution in [0.25, 0.3) is 0 Å². The van der Waals surface area contributed by atoms with Gasteiger partial charge in [0.1, 0.15) is 6.61 Å². The average Bonchev–Trinajstić information content (AvgIpc) is 2.93. The lowest BCUT2D eigenvalue weighted by Gasteiger charge is -2.26. The Labute approximate surface area is 132 Å². The molecule has 0 aliphatic carbocycles. The molecular weight excluding hydrogens is 280 g/mol. The fraction of sp³-hybridized carbons (Fsp3) is 0.588. The quantitative estimate of drug-likeness (QED) is 0.813. The second-order valence-corrected chi connectivity index (χ2v) is 6.11. The Hall–Kier alpha value is -1.59. The van der Waals surface area contributed by atoms with Crippen LogP contribution in [0, 0.1) is 5.92 Å². The van der Waals surface area contributed by atoms with Crippen LogP contribution in [0.15, 0.2) is 24.3 Å². The first-order valence-electron chi connectivity index (χ1n) is 7.94. The molecule has 0 saturated carbocycles. The Bertz CT molecular complexity index is 487. The fourth-order valence-corrected chi connectivity index (χ4v) is 2.74. The minimum Gasteiger partial charge on any atom is -0.447 e. The van der Waals surface area contributed by atoms with E-state index >= 15 is 0 Å². The zero-order chi connectivity index (χ0) is 16.1. The van der Waals surface area contributed by atoms with Gasteiger partial charge in [-0.25, -0.2) is 4.79 Å². The van der Waals surface area contributed by atoms with Gasteiger partial charge in [0.25, 0.3) is 0 Å². The van der Waals surface area contributed by atoms with E-state index in [0.717, 1.165) is 12.1 Å². The van der Waals surface area contributed by atoms with Gasteiger partial charge in [0.2, 0.25) is 0 Å². The van der Waals surface area contributed by atoms with Crippen LogP contribution in [-0.2, 0) is 4.74 Å². The van der Waals surface area contributed by atoms with Gasteiger partial charge in [-0.05, 0) is 37.0 Å². The highest BCUT2D eigenvalue weighted by Gasteiger charge is 2.23. The van der Waals surface area contributed by atoms with Crippen molar-refractivity contribution in [3.63, 3.8) is 0 Å². The normalized spacial score (nSPS) is 17.7. The SMILES string of the molecule is CC(NC(CCO)C(C)C)c1ccc(N2CCOC2=O)cc1. The maximum Gasteiger partial charge on any atom is 0.414 e. The van der Waals surface area contributed by atoms with Crippen LogP contribution in [0.3, 0.4) is 0 Å². The highest BCUT2D eigenvalue weighted by atomic mass is 16.6. The third kappa shape index (κ3) is 3.99. The van der Waals surface area contributed by atoms with Gasteiger partial charge in [0.05, 0.1) is 6.54 Å². The number of amides is 1. The Balaban J connectivity index is 2.01. The van der Waals surface area contributed by atoms with Gasteiger partial charge < -0.3 is 15.2 Å². The molecule has 0 spiro atoms. The summed E-state index contributed by atoms with van der Waals surface area (Å²) < 4.78 is 4.95. The van der Waals surface area contributed by atoms with Gasteiger partial charge >= 0.3 is 6.09 Å². The first-order valence-corrected chi connectivity index (χ1v) is 7.94. The van der Waals surface area contributed by atoms with Crippen LogP contribution in [0.5, 0.6) is 0 Å². The Morgan fingerprint density at radius 1 is 1.27 bits per heavy atom. The molecule has 2 rings (SSSR count). The predicted octanol–water partition coefficient (Wildman–Crippen LogP) is 2.70. The summed E-state index contributed by atoms with van der Waals surface area (Å²) in [7, 11) is 0.